The lowest BCUT2D eigenvalue weighted by Crippen LogP contribution is -2.27. The van der Waals surface area contributed by atoms with Crippen LogP contribution in [0.15, 0.2) is 0 Å². The van der Waals surface area contributed by atoms with Gasteiger partial charge < -0.3 is 10.1 Å². The van der Waals surface area contributed by atoms with E-state index in [-0.39, 0.29) is 6.01 Å². The van der Waals surface area contributed by atoms with Crippen molar-refractivity contribution >= 4 is 11.9 Å². The van der Waals surface area contributed by atoms with E-state index in [2.05, 4.69) is 32.6 Å². The first-order valence-corrected chi connectivity index (χ1v) is 6.78. The number of methoxy groups -OCH3 is 1. The Balaban J connectivity index is 1.99. The highest BCUT2D eigenvalue weighted by Crippen LogP contribution is 2.28. The third-order valence-electron chi connectivity index (χ3n) is 3.68. The molecule has 4 N–H and O–H groups in total. The Morgan fingerprint density at radius 2 is 1.84 bits per heavy atom. The zero-order valence-electron chi connectivity index (χ0n) is 11.5. The molecule has 0 amide bonds. The second-order valence-electron chi connectivity index (χ2n) is 4.88. The van der Waals surface area contributed by atoms with Crippen LogP contribution in [0, 0.1) is 5.92 Å². The molecule has 1 fully saturated rings. The number of ether oxygens (including phenoxy) is 1. The molecule has 19 heavy (non-hydrogen) atoms. The van der Waals surface area contributed by atoms with E-state index in [1.54, 1.807) is 0 Å². The highest BCUT2D eigenvalue weighted by Gasteiger charge is 2.20. The normalized spacial score (nSPS) is 22.9. The summed E-state index contributed by atoms with van der Waals surface area (Å²) < 4.78 is 5.02. The average molecular weight is 266 g/mol. The number of nitrogens with one attached hydrogen (secondary N) is 2. The first-order valence-electron chi connectivity index (χ1n) is 6.78. The maximum absolute atomic E-state index is 5.33. The van der Waals surface area contributed by atoms with E-state index >= 15 is 0 Å². The van der Waals surface area contributed by atoms with Crippen LogP contribution in [-0.4, -0.2) is 28.1 Å². The molecule has 0 saturated heterocycles. The Morgan fingerprint density at radius 3 is 2.42 bits per heavy atom. The molecular weight excluding hydrogens is 244 g/mol. The van der Waals surface area contributed by atoms with Crippen LogP contribution in [0.4, 0.5) is 11.9 Å². The molecule has 106 valence electrons. The van der Waals surface area contributed by atoms with Gasteiger partial charge in [-0.05, 0) is 31.6 Å². The Kier molecular flexibility index (Phi) is 4.73. The smallest absolute Gasteiger partial charge is 0.322 e. The van der Waals surface area contributed by atoms with Crippen molar-refractivity contribution in [1.29, 1.82) is 0 Å². The van der Waals surface area contributed by atoms with Crippen LogP contribution in [0.1, 0.15) is 39.0 Å². The van der Waals surface area contributed by atoms with E-state index in [1.165, 1.54) is 26.4 Å². The van der Waals surface area contributed by atoms with Gasteiger partial charge in [-0.2, -0.15) is 15.0 Å². The second-order valence-corrected chi connectivity index (χ2v) is 4.88. The van der Waals surface area contributed by atoms with Gasteiger partial charge in [0.2, 0.25) is 11.9 Å². The summed E-state index contributed by atoms with van der Waals surface area (Å²) in [6.45, 7) is 2.26. The number of nitrogens with two attached hydrogens (primary N) is 1. The van der Waals surface area contributed by atoms with Crippen LogP contribution in [-0.2, 0) is 0 Å². The first kappa shape index (κ1) is 13.8. The van der Waals surface area contributed by atoms with Crippen LogP contribution in [0.2, 0.25) is 0 Å². The molecule has 0 bridgehead atoms. The molecule has 0 atom stereocenters. The lowest BCUT2D eigenvalue weighted by Gasteiger charge is -2.28. The predicted octanol–water partition coefficient (Wildman–Crippen LogP) is 1.55. The number of hydrogen-bond donors (Lipinski definition) is 3. The third kappa shape index (κ3) is 3.66. The average Bonchev–Trinajstić information content (AvgIpc) is 2.47. The van der Waals surface area contributed by atoms with Gasteiger partial charge in [0.15, 0.2) is 0 Å². The van der Waals surface area contributed by atoms with Crippen molar-refractivity contribution in [2.45, 2.75) is 45.1 Å². The van der Waals surface area contributed by atoms with Crippen molar-refractivity contribution in [3.63, 3.8) is 0 Å². The zero-order valence-corrected chi connectivity index (χ0v) is 11.5. The van der Waals surface area contributed by atoms with Gasteiger partial charge in [0, 0.05) is 6.04 Å². The van der Waals surface area contributed by atoms with Crippen molar-refractivity contribution in [2.24, 2.45) is 11.8 Å². The molecule has 1 aromatic heterocycles. The molecule has 2 rings (SSSR count). The van der Waals surface area contributed by atoms with Gasteiger partial charge in [-0.3, -0.25) is 5.43 Å². The van der Waals surface area contributed by atoms with Crippen LogP contribution >= 0.6 is 0 Å². The minimum Gasteiger partial charge on any atom is -0.467 e. The third-order valence-corrected chi connectivity index (χ3v) is 3.68. The van der Waals surface area contributed by atoms with Gasteiger partial charge in [0.1, 0.15) is 0 Å². The molecule has 1 aromatic rings. The number of hydrogen-bond acceptors (Lipinski definition) is 7. The van der Waals surface area contributed by atoms with E-state index in [9.17, 15) is 0 Å². The molecule has 0 radical (unpaired) electrons. The maximum atomic E-state index is 5.33. The quantitative estimate of drug-likeness (QED) is 0.549. The van der Waals surface area contributed by atoms with Crippen molar-refractivity contribution in [2.75, 3.05) is 17.9 Å². The summed E-state index contributed by atoms with van der Waals surface area (Å²) in [5.74, 6) is 7.01. The standard InChI is InChI=1S/C12H22N6O/c1-3-8-4-6-9(7-5-8)14-10-15-11(18-13)17-12(16-10)19-2/h8-9H,3-7,13H2,1-2H3,(H2,14,15,16,17,18). The lowest BCUT2D eigenvalue weighted by atomic mass is 9.85. The fourth-order valence-corrected chi connectivity index (χ4v) is 2.47. The monoisotopic (exact) mass is 266 g/mol. The summed E-state index contributed by atoms with van der Waals surface area (Å²) in [5, 5.41) is 3.34. The Morgan fingerprint density at radius 1 is 1.16 bits per heavy atom. The molecule has 0 aliphatic heterocycles. The summed E-state index contributed by atoms with van der Waals surface area (Å²) in [6.07, 6.45) is 6.10. The van der Waals surface area contributed by atoms with Gasteiger partial charge in [-0.25, -0.2) is 5.84 Å². The molecule has 0 aromatic carbocycles. The fourth-order valence-electron chi connectivity index (χ4n) is 2.47. The predicted molar refractivity (Wildman–Crippen MR) is 73.8 cm³/mol. The largest absolute Gasteiger partial charge is 0.467 e. The molecule has 1 aliphatic carbocycles. The molecule has 0 spiro atoms. The fraction of sp³-hybridized carbons (Fsp3) is 0.750. The summed E-state index contributed by atoms with van der Waals surface area (Å²) in [7, 11) is 1.52. The zero-order chi connectivity index (χ0) is 13.7. The lowest BCUT2D eigenvalue weighted by molar-refractivity contribution is 0.329. The minimum atomic E-state index is 0.257. The summed E-state index contributed by atoms with van der Waals surface area (Å²) in [6, 6.07) is 0.674. The van der Waals surface area contributed by atoms with Gasteiger partial charge in [0.25, 0.3) is 0 Å². The molecule has 1 heterocycles. The number of nitrogen functional groups attached to an aromatic ring is 1. The van der Waals surface area contributed by atoms with Gasteiger partial charge >= 0.3 is 6.01 Å². The number of hydrazine groups is 1. The number of anilines is 2. The molecule has 1 saturated carbocycles. The van der Waals surface area contributed by atoms with Crippen molar-refractivity contribution in [3.05, 3.63) is 0 Å². The summed E-state index contributed by atoms with van der Waals surface area (Å²) in [4.78, 5) is 12.3. The highest BCUT2D eigenvalue weighted by molar-refractivity contribution is 5.35. The summed E-state index contributed by atoms with van der Waals surface area (Å²) >= 11 is 0. The van der Waals surface area contributed by atoms with E-state index in [1.807, 2.05) is 0 Å². The van der Waals surface area contributed by atoms with Crippen LogP contribution in [0.25, 0.3) is 0 Å². The molecule has 7 heteroatoms. The van der Waals surface area contributed by atoms with Crippen LogP contribution < -0.4 is 21.3 Å². The second kappa shape index (κ2) is 6.51. The topological polar surface area (TPSA) is 98.0 Å². The van der Waals surface area contributed by atoms with E-state index < -0.39 is 0 Å². The van der Waals surface area contributed by atoms with Crippen LogP contribution in [0.3, 0.4) is 0 Å². The first-order chi connectivity index (χ1) is 9.25. The van der Waals surface area contributed by atoms with E-state index in [0.29, 0.717) is 17.9 Å². The minimum absolute atomic E-state index is 0.257. The van der Waals surface area contributed by atoms with Gasteiger partial charge in [0.05, 0.1) is 7.11 Å². The molecular formula is C12H22N6O. The summed E-state index contributed by atoms with van der Waals surface area (Å²) in [5.41, 5.74) is 2.41. The van der Waals surface area contributed by atoms with E-state index in [4.69, 9.17) is 10.6 Å². The SMILES string of the molecule is CCC1CCC(Nc2nc(NN)nc(OC)n2)CC1. The van der Waals surface area contributed by atoms with Crippen molar-refractivity contribution < 1.29 is 4.74 Å². The molecule has 7 nitrogen and oxygen atoms in total. The van der Waals surface area contributed by atoms with Crippen molar-refractivity contribution in [3.8, 4) is 6.01 Å². The number of rotatable bonds is 5. The highest BCUT2D eigenvalue weighted by atomic mass is 16.5. The number of nitrogens with zero attached hydrogens (tertiary/aromatic N) is 3. The van der Waals surface area contributed by atoms with E-state index in [0.717, 1.165) is 18.8 Å². The maximum Gasteiger partial charge on any atom is 0.322 e. The van der Waals surface area contributed by atoms with Gasteiger partial charge in [-0.1, -0.05) is 13.3 Å². The molecule has 1 aliphatic rings. The Labute approximate surface area is 113 Å². The van der Waals surface area contributed by atoms with Crippen LogP contribution in [0.5, 0.6) is 6.01 Å². The Hall–Kier alpha value is -1.63. The molecule has 0 unspecified atom stereocenters. The number of aromatic nitrogens is 3. The van der Waals surface area contributed by atoms with Gasteiger partial charge in [-0.15, -0.1) is 0 Å². The Bertz CT molecular complexity index is 383. The van der Waals surface area contributed by atoms with Crippen molar-refractivity contribution in [1.82, 2.24) is 15.0 Å².